The Labute approximate surface area is 97.7 Å². The molecule has 0 N–H and O–H groups in total. The standard InChI is InChI=1S/C14H9NO2/c16-9-14-12(5-7-17-14)11-3-1-2-10-4-6-15-8-13(10)11/h1-9H. The number of aldehydes is 1. The normalized spacial score (nSPS) is 10.6. The molecule has 0 bridgehead atoms. The second kappa shape index (κ2) is 3.87. The first-order valence-electron chi connectivity index (χ1n) is 5.26. The number of benzene rings is 1. The average molecular weight is 223 g/mol. The van der Waals surface area contributed by atoms with Crippen molar-refractivity contribution in [2.45, 2.75) is 0 Å². The third-order valence-corrected chi connectivity index (χ3v) is 2.78. The summed E-state index contributed by atoms with van der Waals surface area (Å²) in [6, 6.07) is 9.67. The molecule has 1 aromatic carbocycles. The van der Waals surface area contributed by atoms with Crippen LogP contribution < -0.4 is 0 Å². The van der Waals surface area contributed by atoms with E-state index in [1.807, 2.05) is 24.3 Å². The highest BCUT2D eigenvalue weighted by molar-refractivity contribution is 5.99. The third-order valence-electron chi connectivity index (χ3n) is 2.78. The van der Waals surface area contributed by atoms with E-state index in [4.69, 9.17) is 4.42 Å². The lowest BCUT2D eigenvalue weighted by atomic mass is 10.0. The van der Waals surface area contributed by atoms with Gasteiger partial charge in [-0.05, 0) is 23.1 Å². The van der Waals surface area contributed by atoms with Gasteiger partial charge in [-0.25, -0.2) is 0 Å². The largest absolute Gasteiger partial charge is 0.461 e. The van der Waals surface area contributed by atoms with E-state index in [0.717, 1.165) is 28.2 Å². The Balaban J connectivity index is 2.34. The molecule has 0 spiro atoms. The number of pyridine rings is 1. The maximum atomic E-state index is 10.9. The van der Waals surface area contributed by atoms with Crippen LogP contribution in [0.3, 0.4) is 0 Å². The molecule has 0 fully saturated rings. The Morgan fingerprint density at radius 1 is 1.12 bits per heavy atom. The van der Waals surface area contributed by atoms with Crippen LogP contribution in [0.15, 0.2) is 53.4 Å². The summed E-state index contributed by atoms with van der Waals surface area (Å²) in [4.78, 5) is 15.0. The van der Waals surface area contributed by atoms with Gasteiger partial charge in [0.1, 0.15) is 0 Å². The minimum absolute atomic E-state index is 0.348. The molecular weight excluding hydrogens is 214 g/mol. The van der Waals surface area contributed by atoms with Gasteiger partial charge in [0.2, 0.25) is 0 Å². The van der Waals surface area contributed by atoms with E-state index in [0.29, 0.717) is 5.76 Å². The van der Waals surface area contributed by atoms with Crippen molar-refractivity contribution in [1.29, 1.82) is 0 Å². The number of hydrogen-bond donors (Lipinski definition) is 0. The molecule has 0 unspecified atom stereocenters. The van der Waals surface area contributed by atoms with Crippen molar-refractivity contribution in [2.75, 3.05) is 0 Å². The summed E-state index contributed by atoms with van der Waals surface area (Å²) in [5.41, 5.74) is 1.77. The molecule has 17 heavy (non-hydrogen) atoms. The first-order valence-corrected chi connectivity index (χ1v) is 5.26. The first-order chi connectivity index (χ1) is 8.40. The molecular formula is C14H9NO2. The van der Waals surface area contributed by atoms with Crippen molar-refractivity contribution in [1.82, 2.24) is 4.98 Å². The Hall–Kier alpha value is -2.42. The van der Waals surface area contributed by atoms with Crippen molar-refractivity contribution >= 4 is 17.1 Å². The van der Waals surface area contributed by atoms with Crippen LogP contribution in [-0.2, 0) is 0 Å². The van der Waals surface area contributed by atoms with Gasteiger partial charge in [0.15, 0.2) is 12.0 Å². The van der Waals surface area contributed by atoms with Crippen LogP contribution in [0.2, 0.25) is 0 Å². The van der Waals surface area contributed by atoms with Crippen molar-refractivity contribution in [2.24, 2.45) is 0 Å². The number of hydrogen-bond acceptors (Lipinski definition) is 3. The zero-order valence-electron chi connectivity index (χ0n) is 8.96. The van der Waals surface area contributed by atoms with Crippen molar-refractivity contribution in [3.8, 4) is 11.1 Å². The van der Waals surface area contributed by atoms with Crippen molar-refractivity contribution in [3.05, 3.63) is 54.7 Å². The molecule has 0 amide bonds. The quantitative estimate of drug-likeness (QED) is 0.626. The molecule has 0 saturated heterocycles. The molecule has 82 valence electrons. The molecule has 0 saturated carbocycles. The fourth-order valence-electron chi connectivity index (χ4n) is 1.98. The van der Waals surface area contributed by atoms with Crippen LogP contribution in [0, 0.1) is 0 Å². The summed E-state index contributed by atoms with van der Waals surface area (Å²) < 4.78 is 5.13. The minimum atomic E-state index is 0.348. The van der Waals surface area contributed by atoms with Gasteiger partial charge in [-0.2, -0.15) is 0 Å². The second-order valence-corrected chi connectivity index (χ2v) is 3.72. The van der Waals surface area contributed by atoms with Gasteiger partial charge in [0.05, 0.1) is 6.26 Å². The monoisotopic (exact) mass is 223 g/mol. The van der Waals surface area contributed by atoms with Crippen LogP contribution >= 0.6 is 0 Å². The Kier molecular flexibility index (Phi) is 2.22. The number of rotatable bonds is 2. The Morgan fingerprint density at radius 2 is 2.06 bits per heavy atom. The molecule has 2 aromatic heterocycles. The van der Waals surface area contributed by atoms with Gasteiger partial charge in [0.25, 0.3) is 0 Å². The summed E-state index contributed by atoms with van der Waals surface area (Å²) in [5.74, 6) is 0.348. The maximum Gasteiger partial charge on any atom is 0.185 e. The highest BCUT2D eigenvalue weighted by Crippen LogP contribution is 2.30. The zero-order chi connectivity index (χ0) is 11.7. The van der Waals surface area contributed by atoms with Gasteiger partial charge in [0, 0.05) is 23.3 Å². The van der Waals surface area contributed by atoms with Gasteiger partial charge < -0.3 is 4.42 Å². The highest BCUT2D eigenvalue weighted by Gasteiger charge is 2.10. The highest BCUT2D eigenvalue weighted by atomic mass is 16.3. The molecule has 0 radical (unpaired) electrons. The summed E-state index contributed by atoms with van der Waals surface area (Å²) in [6.45, 7) is 0. The average Bonchev–Trinajstić information content (AvgIpc) is 2.86. The number of carbonyl (C=O) groups is 1. The number of furan rings is 1. The van der Waals surface area contributed by atoms with Crippen LogP contribution in [0.25, 0.3) is 21.9 Å². The molecule has 0 aliphatic rings. The van der Waals surface area contributed by atoms with E-state index in [1.165, 1.54) is 6.26 Å². The maximum absolute atomic E-state index is 10.9. The van der Waals surface area contributed by atoms with E-state index in [-0.39, 0.29) is 0 Å². The fourth-order valence-corrected chi connectivity index (χ4v) is 1.98. The summed E-state index contributed by atoms with van der Waals surface area (Å²) >= 11 is 0. The molecule has 0 aliphatic heterocycles. The Bertz CT molecular complexity index is 680. The lowest BCUT2D eigenvalue weighted by Crippen LogP contribution is -1.84. The van der Waals surface area contributed by atoms with Crippen LogP contribution in [-0.4, -0.2) is 11.3 Å². The molecule has 0 atom stereocenters. The predicted octanol–water partition coefficient (Wildman–Crippen LogP) is 3.31. The second-order valence-electron chi connectivity index (χ2n) is 3.72. The van der Waals surface area contributed by atoms with Crippen LogP contribution in [0.1, 0.15) is 10.6 Å². The smallest absolute Gasteiger partial charge is 0.185 e. The Morgan fingerprint density at radius 3 is 2.94 bits per heavy atom. The van der Waals surface area contributed by atoms with E-state index < -0.39 is 0 Å². The van der Waals surface area contributed by atoms with E-state index in [2.05, 4.69) is 4.98 Å². The van der Waals surface area contributed by atoms with Crippen LogP contribution in [0.5, 0.6) is 0 Å². The lowest BCUT2D eigenvalue weighted by molar-refractivity contribution is 0.110. The van der Waals surface area contributed by atoms with E-state index in [1.54, 1.807) is 18.5 Å². The summed E-state index contributed by atoms with van der Waals surface area (Å²) in [5, 5.41) is 2.11. The molecule has 0 aliphatic carbocycles. The summed E-state index contributed by atoms with van der Waals surface area (Å²) in [6.07, 6.45) is 5.80. The van der Waals surface area contributed by atoms with E-state index >= 15 is 0 Å². The van der Waals surface area contributed by atoms with Gasteiger partial charge in [-0.3, -0.25) is 9.78 Å². The molecule has 2 heterocycles. The molecule has 3 nitrogen and oxygen atoms in total. The van der Waals surface area contributed by atoms with Crippen molar-refractivity contribution in [3.63, 3.8) is 0 Å². The summed E-state index contributed by atoms with van der Waals surface area (Å²) in [7, 11) is 0. The van der Waals surface area contributed by atoms with Gasteiger partial charge in [-0.15, -0.1) is 0 Å². The molecule has 3 heteroatoms. The topological polar surface area (TPSA) is 43.1 Å². The third kappa shape index (κ3) is 1.52. The van der Waals surface area contributed by atoms with Gasteiger partial charge in [-0.1, -0.05) is 18.2 Å². The van der Waals surface area contributed by atoms with E-state index in [9.17, 15) is 4.79 Å². The molecule has 3 aromatic rings. The number of aromatic nitrogens is 1. The van der Waals surface area contributed by atoms with Crippen molar-refractivity contribution < 1.29 is 9.21 Å². The first kappa shape index (κ1) is 9.78. The SMILES string of the molecule is O=Cc1occc1-c1cccc2ccncc12. The number of carbonyl (C=O) groups excluding carboxylic acids is 1. The fraction of sp³-hybridized carbons (Fsp3) is 0. The number of fused-ring (bicyclic) bond motifs is 1. The lowest BCUT2D eigenvalue weighted by Gasteiger charge is -2.04. The van der Waals surface area contributed by atoms with Gasteiger partial charge >= 0.3 is 0 Å². The predicted molar refractivity (Wildman–Crippen MR) is 64.8 cm³/mol. The van der Waals surface area contributed by atoms with Crippen LogP contribution in [0.4, 0.5) is 0 Å². The minimum Gasteiger partial charge on any atom is -0.461 e. The number of nitrogens with zero attached hydrogens (tertiary/aromatic N) is 1. The molecule has 3 rings (SSSR count). The zero-order valence-corrected chi connectivity index (χ0v) is 8.96.